The summed E-state index contributed by atoms with van der Waals surface area (Å²) in [5.74, 6) is 6.87. The molecule has 0 aliphatic rings. The fraction of sp³-hybridized carbons (Fsp3) is 0.267. The van der Waals surface area contributed by atoms with Gasteiger partial charge in [0.1, 0.15) is 0 Å². The molecule has 0 saturated heterocycles. The molecule has 0 aliphatic carbocycles. The molecule has 0 atom stereocenters. The van der Waals surface area contributed by atoms with Crippen molar-refractivity contribution in [2.24, 2.45) is 5.73 Å². The van der Waals surface area contributed by atoms with Crippen molar-refractivity contribution in [2.75, 3.05) is 6.54 Å². The van der Waals surface area contributed by atoms with Crippen LogP contribution in [-0.2, 0) is 5.75 Å². The molecule has 0 spiro atoms. The van der Waals surface area contributed by atoms with Gasteiger partial charge in [-0.15, -0.1) is 23.1 Å². The minimum Gasteiger partial charge on any atom is -0.320 e. The third-order valence-corrected chi connectivity index (χ3v) is 4.56. The third kappa shape index (κ3) is 4.39. The van der Waals surface area contributed by atoms with Crippen LogP contribution >= 0.6 is 23.1 Å². The van der Waals surface area contributed by atoms with E-state index in [1.807, 2.05) is 6.92 Å². The molecule has 2 heterocycles. The van der Waals surface area contributed by atoms with Crippen molar-refractivity contribution < 1.29 is 0 Å². The second-order valence-corrected chi connectivity index (χ2v) is 6.35. The third-order valence-electron chi connectivity index (χ3n) is 2.41. The Balaban J connectivity index is 2.00. The second-order valence-electron chi connectivity index (χ2n) is 4.18. The topological polar surface area (TPSA) is 38.9 Å². The van der Waals surface area contributed by atoms with E-state index in [1.54, 1.807) is 23.1 Å². The summed E-state index contributed by atoms with van der Waals surface area (Å²) in [4.78, 5) is 6.92. The summed E-state index contributed by atoms with van der Waals surface area (Å²) in [6.45, 7) is 4.54. The number of hydrogen-bond acceptors (Lipinski definition) is 4. The molecule has 0 radical (unpaired) electrons. The molecule has 0 aromatic carbocycles. The summed E-state index contributed by atoms with van der Waals surface area (Å²) >= 11 is 3.49. The Bertz CT molecular complexity index is 600. The number of aromatic nitrogens is 1. The van der Waals surface area contributed by atoms with Crippen molar-refractivity contribution in [1.29, 1.82) is 0 Å². The van der Waals surface area contributed by atoms with Crippen molar-refractivity contribution in [1.82, 2.24) is 4.98 Å². The van der Waals surface area contributed by atoms with Crippen LogP contribution in [0.15, 0.2) is 29.3 Å². The van der Waals surface area contributed by atoms with E-state index in [4.69, 9.17) is 5.73 Å². The number of pyridine rings is 1. The summed E-state index contributed by atoms with van der Waals surface area (Å²) in [6.07, 6.45) is 0. The zero-order valence-corrected chi connectivity index (χ0v) is 12.7. The molecule has 0 aliphatic heterocycles. The van der Waals surface area contributed by atoms with E-state index in [-0.39, 0.29) is 0 Å². The molecule has 98 valence electrons. The zero-order valence-electron chi connectivity index (χ0n) is 11.1. The Labute approximate surface area is 122 Å². The molecule has 0 unspecified atom stereocenters. The van der Waals surface area contributed by atoms with Crippen LogP contribution in [0.1, 0.15) is 21.0 Å². The van der Waals surface area contributed by atoms with Crippen molar-refractivity contribution in [2.45, 2.75) is 24.6 Å². The first kappa shape index (κ1) is 14.1. The fourth-order valence-electron chi connectivity index (χ4n) is 1.68. The van der Waals surface area contributed by atoms with Gasteiger partial charge in [-0.1, -0.05) is 11.8 Å². The average molecular weight is 288 g/mol. The van der Waals surface area contributed by atoms with Gasteiger partial charge in [0.2, 0.25) is 0 Å². The zero-order chi connectivity index (χ0) is 13.7. The van der Waals surface area contributed by atoms with Crippen LogP contribution in [0.25, 0.3) is 0 Å². The number of thioether (sulfide) groups is 1. The molecular formula is C15H16N2S2. The Morgan fingerprint density at radius 3 is 2.89 bits per heavy atom. The molecule has 19 heavy (non-hydrogen) atoms. The summed E-state index contributed by atoms with van der Waals surface area (Å²) in [7, 11) is 0. The highest BCUT2D eigenvalue weighted by molar-refractivity contribution is 7.98. The highest BCUT2D eigenvalue weighted by Gasteiger charge is 2.02. The smallest absolute Gasteiger partial charge is 0.0969 e. The molecule has 2 aromatic heterocycles. The molecule has 0 fully saturated rings. The second kappa shape index (κ2) is 6.76. The lowest BCUT2D eigenvalue weighted by molar-refractivity contribution is 1.05. The first-order valence-corrected chi connectivity index (χ1v) is 7.83. The van der Waals surface area contributed by atoms with E-state index < -0.39 is 0 Å². The largest absolute Gasteiger partial charge is 0.320 e. The predicted octanol–water partition coefficient (Wildman–Crippen LogP) is 3.36. The van der Waals surface area contributed by atoms with Gasteiger partial charge in [-0.2, -0.15) is 0 Å². The van der Waals surface area contributed by atoms with Crippen LogP contribution in [0.5, 0.6) is 0 Å². The average Bonchev–Trinajstić information content (AvgIpc) is 2.81. The van der Waals surface area contributed by atoms with Gasteiger partial charge in [-0.05, 0) is 43.7 Å². The summed E-state index contributed by atoms with van der Waals surface area (Å²) in [5.41, 5.74) is 7.70. The molecule has 2 nitrogen and oxygen atoms in total. The Hall–Kier alpha value is -1.28. The van der Waals surface area contributed by atoms with Crippen LogP contribution in [0.3, 0.4) is 0 Å². The van der Waals surface area contributed by atoms with E-state index >= 15 is 0 Å². The molecule has 0 saturated carbocycles. The van der Waals surface area contributed by atoms with Crippen molar-refractivity contribution >= 4 is 23.1 Å². The van der Waals surface area contributed by atoms with Gasteiger partial charge < -0.3 is 5.73 Å². The lowest BCUT2D eigenvalue weighted by Crippen LogP contribution is -1.92. The highest BCUT2D eigenvalue weighted by atomic mass is 32.2. The quantitative estimate of drug-likeness (QED) is 0.695. The standard InChI is InChI=1S/C15H16N2S2/c1-11-8-12(2)17-15(9-11)18-10-14-6-5-13(19-14)4-3-7-16/h5-6,8-9H,7,10,16H2,1-2H3. The van der Waals surface area contributed by atoms with E-state index in [0.717, 1.165) is 21.3 Å². The van der Waals surface area contributed by atoms with Crippen LogP contribution in [0, 0.1) is 25.7 Å². The number of aryl methyl sites for hydroxylation is 2. The highest BCUT2D eigenvalue weighted by Crippen LogP contribution is 2.26. The van der Waals surface area contributed by atoms with Gasteiger partial charge in [0, 0.05) is 16.3 Å². The number of nitrogens with two attached hydrogens (primary N) is 1. The van der Waals surface area contributed by atoms with Gasteiger partial charge in [0.25, 0.3) is 0 Å². The van der Waals surface area contributed by atoms with Crippen molar-refractivity contribution in [3.05, 3.63) is 45.3 Å². The maximum Gasteiger partial charge on any atom is 0.0969 e. The van der Waals surface area contributed by atoms with Crippen LogP contribution in [0.2, 0.25) is 0 Å². The Kier molecular flexibility index (Phi) is 5.03. The monoisotopic (exact) mass is 288 g/mol. The molecule has 4 heteroatoms. The number of hydrogen-bond donors (Lipinski definition) is 1. The first-order valence-electron chi connectivity index (χ1n) is 6.03. The minimum atomic E-state index is 0.411. The van der Waals surface area contributed by atoms with Crippen LogP contribution < -0.4 is 5.73 Å². The minimum absolute atomic E-state index is 0.411. The van der Waals surface area contributed by atoms with Crippen LogP contribution in [-0.4, -0.2) is 11.5 Å². The first-order chi connectivity index (χ1) is 9.17. The van der Waals surface area contributed by atoms with Gasteiger partial charge in [-0.3, -0.25) is 0 Å². The Morgan fingerprint density at radius 1 is 1.32 bits per heavy atom. The number of rotatable bonds is 3. The van der Waals surface area contributed by atoms with E-state index in [1.165, 1.54) is 10.4 Å². The van der Waals surface area contributed by atoms with E-state index in [2.05, 4.69) is 48.0 Å². The van der Waals surface area contributed by atoms with Crippen molar-refractivity contribution in [3.8, 4) is 11.8 Å². The summed E-state index contributed by atoms with van der Waals surface area (Å²) in [5, 5.41) is 1.08. The molecular weight excluding hydrogens is 272 g/mol. The van der Waals surface area contributed by atoms with Crippen molar-refractivity contribution in [3.63, 3.8) is 0 Å². The van der Waals surface area contributed by atoms with Gasteiger partial charge in [0.05, 0.1) is 16.4 Å². The molecule has 2 rings (SSSR count). The van der Waals surface area contributed by atoms with Gasteiger partial charge >= 0.3 is 0 Å². The van der Waals surface area contributed by atoms with E-state index in [9.17, 15) is 0 Å². The predicted molar refractivity (Wildman–Crippen MR) is 83.5 cm³/mol. The SMILES string of the molecule is Cc1cc(C)nc(SCc2ccc(C#CCN)s2)c1. The summed E-state index contributed by atoms with van der Waals surface area (Å²) in [6, 6.07) is 8.40. The fourth-order valence-corrected chi connectivity index (χ4v) is 3.64. The maximum absolute atomic E-state index is 5.36. The van der Waals surface area contributed by atoms with Crippen LogP contribution in [0.4, 0.5) is 0 Å². The molecule has 0 amide bonds. The van der Waals surface area contributed by atoms with E-state index in [0.29, 0.717) is 6.54 Å². The number of thiophene rings is 1. The summed E-state index contributed by atoms with van der Waals surface area (Å²) < 4.78 is 0. The maximum atomic E-state index is 5.36. The lowest BCUT2D eigenvalue weighted by atomic mass is 10.3. The van der Waals surface area contributed by atoms with Gasteiger partial charge in [-0.25, -0.2) is 4.98 Å². The van der Waals surface area contributed by atoms with Gasteiger partial charge in [0.15, 0.2) is 0 Å². The normalized spacial score (nSPS) is 10.1. The lowest BCUT2D eigenvalue weighted by Gasteiger charge is -2.02. The molecule has 2 N–H and O–H groups in total. The Morgan fingerprint density at radius 2 is 2.16 bits per heavy atom. The molecule has 0 bridgehead atoms. The number of nitrogens with zero attached hydrogens (tertiary/aromatic N) is 1. The molecule has 2 aromatic rings.